The highest BCUT2D eigenvalue weighted by molar-refractivity contribution is 6.00. The third-order valence-corrected chi connectivity index (χ3v) is 5.72. The number of hydrogen-bond donors (Lipinski definition) is 3. The Morgan fingerprint density at radius 3 is 2.56 bits per heavy atom. The molecule has 0 spiro atoms. The summed E-state index contributed by atoms with van der Waals surface area (Å²) in [4.78, 5) is 35.4. The Bertz CT molecular complexity index is 1410. The largest absolute Gasteiger partial charge is 0.493 e. The quantitative estimate of drug-likeness (QED) is 0.405. The van der Waals surface area contributed by atoms with Crippen LogP contribution in [0.15, 0.2) is 69.3 Å². The second kappa shape index (κ2) is 8.70. The number of aromatic amines is 2. The lowest BCUT2D eigenvalue weighted by Crippen LogP contribution is -2.33. The van der Waals surface area contributed by atoms with E-state index in [-0.39, 0.29) is 11.6 Å². The highest BCUT2D eigenvalue weighted by atomic mass is 16.3. The second-order valence-electron chi connectivity index (χ2n) is 7.97. The molecule has 0 aliphatic carbocycles. The number of aliphatic imine (C=N–C) groups is 1. The van der Waals surface area contributed by atoms with Gasteiger partial charge in [0.05, 0.1) is 17.4 Å². The molecule has 164 valence electrons. The molecule has 0 amide bonds. The highest BCUT2D eigenvalue weighted by Gasteiger charge is 2.19. The van der Waals surface area contributed by atoms with Crippen LogP contribution in [0.25, 0.3) is 16.6 Å². The van der Waals surface area contributed by atoms with Crippen molar-refractivity contribution in [2.75, 3.05) is 0 Å². The number of nitrogens with zero attached hydrogens (tertiary/aromatic N) is 2. The summed E-state index contributed by atoms with van der Waals surface area (Å²) in [6.07, 6.45) is 3.43. The topological polar surface area (TPSA) is 103 Å². The molecule has 1 atom stereocenters. The average Bonchev–Trinajstić information content (AvgIpc) is 3.17. The van der Waals surface area contributed by atoms with Crippen molar-refractivity contribution in [2.45, 2.75) is 39.7 Å². The van der Waals surface area contributed by atoms with Gasteiger partial charge in [-0.15, -0.1) is 0 Å². The Morgan fingerprint density at radius 2 is 1.84 bits per heavy atom. The predicted molar refractivity (Wildman–Crippen MR) is 127 cm³/mol. The first-order valence-corrected chi connectivity index (χ1v) is 10.6. The minimum atomic E-state index is -0.696. The highest BCUT2D eigenvalue weighted by Crippen LogP contribution is 2.22. The Hall–Kier alpha value is -3.87. The summed E-state index contributed by atoms with van der Waals surface area (Å²) in [7, 11) is 0. The van der Waals surface area contributed by atoms with Gasteiger partial charge in [0.25, 0.3) is 5.56 Å². The number of H-pyrrole nitrogens is 2. The van der Waals surface area contributed by atoms with Crippen LogP contribution in [0.4, 0.5) is 0 Å². The van der Waals surface area contributed by atoms with Gasteiger partial charge in [-0.2, -0.15) is 0 Å². The molecule has 2 heterocycles. The van der Waals surface area contributed by atoms with Crippen molar-refractivity contribution >= 4 is 16.6 Å². The van der Waals surface area contributed by atoms with Crippen LogP contribution in [0.1, 0.15) is 37.0 Å². The normalized spacial score (nSPS) is 12.9. The van der Waals surface area contributed by atoms with Crippen LogP contribution in [0.3, 0.4) is 0 Å². The predicted octanol–water partition coefficient (Wildman–Crippen LogP) is 3.85. The van der Waals surface area contributed by atoms with E-state index < -0.39 is 17.1 Å². The second-order valence-corrected chi connectivity index (χ2v) is 7.97. The molecule has 2 aromatic carbocycles. The lowest BCUT2D eigenvalue weighted by molar-refractivity contribution is 0.429. The van der Waals surface area contributed by atoms with E-state index in [0.717, 1.165) is 33.0 Å². The first-order chi connectivity index (χ1) is 15.4. The van der Waals surface area contributed by atoms with Crippen molar-refractivity contribution in [1.82, 2.24) is 14.5 Å². The zero-order valence-corrected chi connectivity index (χ0v) is 18.3. The molecule has 3 N–H and O–H groups in total. The number of aryl methyl sites for hydroxylation is 1. The SMILES string of the molecule is CCC(Cc1c[nH]c2ccccc12)N=C(C)c1c(O)n(-c2ccc(C)cc2)c(=O)[nH]c1=O. The molecule has 4 aromatic rings. The fourth-order valence-corrected chi connectivity index (χ4v) is 3.96. The maximum Gasteiger partial charge on any atom is 0.335 e. The van der Waals surface area contributed by atoms with Crippen LogP contribution < -0.4 is 11.2 Å². The van der Waals surface area contributed by atoms with Gasteiger partial charge < -0.3 is 10.1 Å². The van der Waals surface area contributed by atoms with Gasteiger partial charge in [0.15, 0.2) is 0 Å². The number of aromatic nitrogens is 3. The summed E-state index contributed by atoms with van der Waals surface area (Å²) in [5.74, 6) is -0.411. The van der Waals surface area contributed by atoms with E-state index in [1.165, 1.54) is 0 Å². The fourth-order valence-electron chi connectivity index (χ4n) is 3.96. The molecule has 2 aromatic heterocycles. The van der Waals surface area contributed by atoms with Crippen LogP contribution in [0.2, 0.25) is 0 Å². The van der Waals surface area contributed by atoms with E-state index >= 15 is 0 Å². The molecule has 0 aliphatic heterocycles. The summed E-state index contributed by atoms with van der Waals surface area (Å²) in [5.41, 5.74) is 2.74. The van der Waals surface area contributed by atoms with Gasteiger partial charge >= 0.3 is 5.69 Å². The molecule has 0 radical (unpaired) electrons. The number of aromatic hydroxyl groups is 1. The van der Waals surface area contributed by atoms with Crippen molar-refractivity contribution in [3.63, 3.8) is 0 Å². The number of nitrogens with one attached hydrogen (secondary N) is 2. The first kappa shape index (κ1) is 21.4. The zero-order valence-electron chi connectivity index (χ0n) is 18.3. The molecule has 7 heteroatoms. The monoisotopic (exact) mass is 430 g/mol. The van der Waals surface area contributed by atoms with Gasteiger partial charge in [0.2, 0.25) is 5.88 Å². The van der Waals surface area contributed by atoms with Crippen LogP contribution >= 0.6 is 0 Å². The maximum atomic E-state index is 12.6. The molecule has 4 rings (SSSR count). The van der Waals surface area contributed by atoms with E-state index in [1.807, 2.05) is 50.4 Å². The Balaban J connectivity index is 1.73. The van der Waals surface area contributed by atoms with Gasteiger partial charge in [-0.05, 0) is 50.5 Å². The standard InChI is InChI=1S/C25H26N4O3/c1-4-18(13-17-14-26-21-8-6-5-7-20(17)21)27-16(3)22-23(30)28-25(32)29(24(22)31)19-11-9-15(2)10-12-19/h5-12,14,18,26,31H,4,13H2,1-3H3,(H,28,30,32). The fraction of sp³-hybridized carbons (Fsp3) is 0.240. The van der Waals surface area contributed by atoms with E-state index in [1.54, 1.807) is 19.1 Å². The lowest BCUT2D eigenvalue weighted by Gasteiger charge is -2.14. The van der Waals surface area contributed by atoms with Crippen LogP contribution in [0.5, 0.6) is 5.88 Å². The lowest BCUT2D eigenvalue weighted by atomic mass is 10.0. The van der Waals surface area contributed by atoms with Crippen molar-refractivity contribution < 1.29 is 5.11 Å². The summed E-state index contributed by atoms with van der Waals surface area (Å²) in [6, 6.07) is 15.1. The Labute approximate surface area is 185 Å². The smallest absolute Gasteiger partial charge is 0.335 e. The Morgan fingerprint density at radius 1 is 1.12 bits per heavy atom. The minimum Gasteiger partial charge on any atom is -0.493 e. The van der Waals surface area contributed by atoms with Gasteiger partial charge in [-0.25, -0.2) is 9.36 Å². The maximum absolute atomic E-state index is 12.6. The van der Waals surface area contributed by atoms with E-state index in [4.69, 9.17) is 4.99 Å². The minimum absolute atomic E-state index is 0.00236. The number of benzene rings is 2. The van der Waals surface area contributed by atoms with Crippen molar-refractivity contribution in [3.8, 4) is 11.6 Å². The van der Waals surface area contributed by atoms with Crippen molar-refractivity contribution in [2.24, 2.45) is 4.99 Å². The molecule has 0 fully saturated rings. The van der Waals surface area contributed by atoms with Crippen LogP contribution in [0, 0.1) is 6.92 Å². The average molecular weight is 431 g/mol. The molecule has 0 saturated heterocycles. The van der Waals surface area contributed by atoms with E-state index in [9.17, 15) is 14.7 Å². The van der Waals surface area contributed by atoms with E-state index in [0.29, 0.717) is 17.8 Å². The van der Waals surface area contributed by atoms with Crippen LogP contribution in [-0.4, -0.2) is 31.4 Å². The molecule has 0 bridgehead atoms. The molecule has 1 unspecified atom stereocenters. The summed E-state index contributed by atoms with van der Waals surface area (Å²) < 4.78 is 1.09. The molecule has 0 saturated carbocycles. The third-order valence-electron chi connectivity index (χ3n) is 5.72. The number of fused-ring (bicyclic) bond motifs is 1. The summed E-state index contributed by atoms with van der Waals surface area (Å²) in [6.45, 7) is 5.65. The number of para-hydroxylation sites is 1. The summed E-state index contributed by atoms with van der Waals surface area (Å²) in [5, 5.41) is 12.0. The number of rotatable bonds is 6. The van der Waals surface area contributed by atoms with Gasteiger partial charge in [0, 0.05) is 17.1 Å². The molecule has 0 aliphatic rings. The van der Waals surface area contributed by atoms with Crippen LogP contribution in [-0.2, 0) is 6.42 Å². The first-order valence-electron chi connectivity index (χ1n) is 10.6. The third kappa shape index (κ3) is 4.01. The zero-order chi connectivity index (χ0) is 22.8. The van der Waals surface area contributed by atoms with Gasteiger partial charge in [-0.3, -0.25) is 14.8 Å². The van der Waals surface area contributed by atoms with Gasteiger partial charge in [0.1, 0.15) is 5.56 Å². The van der Waals surface area contributed by atoms with Crippen molar-refractivity contribution in [1.29, 1.82) is 0 Å². The molecule has 32 heavy (non-hydrogen) atoms. The molecule has 7 nitrogen and oxygen atoms in total. The number of hydrogen-bond acceptors (Lipinski definition) is 4. The Kier molecular flexibility index (Phi) is 5.81. The molecular formula is C25H26N4O3. The summed E-state index contributed by atoms with van der Waals surface area (Å²) >= 11 is 0. The molecular weight excluding hydrogens is 404 g/mol. The van der Waals surface area contributed by atoms with Crippen molar-refractivity contribution in [3.05, 3.63) is 92.3 Å². The van der Waals surface area contributed by atoms with E-state index in [2.05, 4.69) is 16.0 Å². The van der Waals surface area contributed by atoms with Gasteiger partial charge in [-0.1, -0.05) is 42.8 Å².